The lowest BCUT2D eigenvalue weighted by Crippen LogP contribution is -2.24. The third-order valence-corrected chi connectivity index (χ3v) is 3.80. The highest BCUT2D eigenvalue weighted by atomic mass is 16.5. The van der Waals surface area contributed by atoms with E-state index in [2.05, 4.69) is 26.9 Å². The van der Waals surface area contributed by atoms with Crippen LogP contribution >= 0.6 is 0 Å². The Hall–Kier alpha value is -3.22. The number of hydrogen-bond acceptors (Lipinski definition) is 5. The maximum Gasteiger partial charge on any atom is 0.251 e. The number of methoxy groups -OCH3 is 1. The van der Waals surface area contributed by atoms with Crippen LogP contribution in [0, 0.1) is 0 Å². The van der Waals surface area contributed by atoms with Crippen molar-refractivity contribution >= 4 is 5.91 Å². The molecule has 1 N–H and O–H groups in total. The highest BCUT2D eigenvalue weighted by Gasteiger charge is 2.06. The van der Waals surface area contributed by atoms with E-state index in [0.29, 0.717) is 12.1 Å². The van der Waals surface area contributed by atoms with Crippen LogP contribution in [-0.4, -0.2) is 39.8 Å². The summed E-state index contributed by atoms with van der Waals surface area (Å²) in [5.41, 5.74) is 2.61. The first-order valence-electron chi connectivity index (χ1n) is 8.01. The SMILES string of the molecule is COc1cccc(CCCNC(=O)c2ccc(-n3cnnn3)cc2)c1. The van der Waals surface area contributed by atoms with Crippen LogP contribution in [0.5, 0.6) is 5.75 Å². The molecule has 3 rings (SSSR count). The summed E-state index contributed by atoms with van der Waals surface area (Å²) in [6.45, 7) is 0.616. The second kappa shape index (κ2) is 8.05. The van der Waals surface area contributed by atoms with Gasteiger partial charge in [0.1, 0.15) is 12.1 Å². The number of carbonyl (C=O) groups is 1. The summed E-state index contributed by atoms with van der Waals surface area (Å²) < 4.78 is 6.75. The van der Waals surface area contributed by atoms with E-state index < -0.39 is 0 Å². The molecule has 0 atom stereocenters. The zero-order valence-electron chi connectivity index (χ0n) is 13.9. The average Bonchev–Trinajstić information content (AvgIpc) is 3.20. The summed E-state index contributed by atoms with van der Waals surface area (Å²) in [7, 11) is 1.66. The molecule has 1 aromatic heterocycles. The second-order valence-electron chi connectivity index (χ2n) is 5.51. The van der Waals surface area contributed by atoms with Gasteiger partial charge in [-0.2, -0.15) is 0 Å². The summed E-state index contributed by atoms with van der Waals surface area (Å²) in [5, 5.41) is 13.9. The van der Waals surface area contributed by atoms with Gasteiger partial charge in [0.05, 0.1) is 12.8 Å². The highest BCUT2D eigenvalue weighted by molar-refractivity contribution is 5.94. The fourth-order valence-electron chi connectivity index (χ4n) is 2.47. The van der Waals surface area contributed by atoms with Gasteiger partial charge in [0, 0.05) is 12.1 Å². The van der Waals surface area contributed by atoms with Gasteiger partial charge in [-0.15, -0.1) is 5.10 Å². The first kappa shape index (κ1) is 16.6. The normalized spacial score (nSPS) is 10.4. The lowest BCUT2D eigenvalue weighted by atomic mass is 10.1. The summed E-state index contributed by atoms with van der Waals surface area (Å²) in [4.78, 5) is 12.2. The topological polar surface area (TPSA) is 81.9 Å². The van der Waals surface area contributed by atoms with Crippen molar-refractivity contribution in [3.05, 3.63) is 66.0 Å². The molecule has 2 aromatic carbocycles. The van der Waals surface area contributed by atoms with Crippen LogP contribution in [-0.2, 0) is 6.42 Å². The first-order chi connectivity index (χ1) is 12.3. The van der Waals surface area contributed by atoms with E-state index >= 15 is 0 Å². The van der Waals surface area contributed by atoms with Gasteiger partial charge in [-0.3, -0.25) is 4.79 Å². The number of amides is 1. The summed E-state index contributed by atoms with van der Waals surface area (Å²) in [6.07, 6.45) is 3.25. The molecule has 1 heterocycles. The van der Waals surface area contributed by atoms with Gasteiger partial charge in [0.25, 0.3) is 5.91 Å². The van der Waals surface area contributed by atoms with Crippen LogP contribution in [0.15, 0.2) is 54.9 Å². The Morgan fingerprint density at radius 2 is 2.04 bits per heavy atom. The zero-order chi connectivity index (χ0) is 17.5. The van der Waals surface area contributed by atoms with Gasteiger partial charge in [0.15, 0.2) is 0 Å². The second-order valence-corrected chi connectivity index (χ2v) is 5.51. The number of aromatic nitrogens is 4. The largest absolute Gasteiger partial charge is 0.497 e. The van der Waals surface area contributed by atoms with Crippen LogP contribution in [0.4, 0.5) is 0 Å². The third kappa shape index (κ3) is 4.41. The Labute approximate surface area is 145 Å². The first-order valence-corrected chi connectivity index (χ1v) is 8.01. The number of rotatable bonds is 7. The van der Waals surface area contributed by atoms with Crippen molar-refractivity contribution < 1.29 is 9.53 Å². The Bertz CT molecular complexity index is 816. The molecule has 0 saturated heterocycles. The van der Waals surface area contributed by atoms with Crippen LogP contribution in [0.1, 0.15) is 22.3 Å². The minimum absolute atomic E-state index is 0.0890. The molecule has 0 aliphatic carbocycles. The summed E-state index contributed by atoms with van der Waals surface area (Å²) in [5.74, 6) is 0.762. The summed E-state index contributed by atoms with van der Waals surface area (Å²) in [6, 6.07) is 15.1. The van der Waals surface area contributed by atoms with E-state index in [1.165, 1.54) is 16.6 Å². The minimum atomic E-state index is -0.0890. The van der Waals surface area contributed by atoms with E-state index in [1.54, 1.807) is 19.2 Å². The fourth-order valence-corrected chi connectivity index (χ4v) is 2.47. The van der Waals surface area contributed by atoms with Crippen molar-refractivity contribution in [1.82, 2.24) is 25.5 Å². The predicted molar refractivity (Wildman–Crippen MR) is 92.8 cm³/mol. The van der Waals surface area contributed by atoms with E-state index in [-0.39, 0.29) is 5.91 Å². The predicted octanol–water partition coefficient (Wildman–Crippen LogP) is 2.03. The Morgan fingerprint density at radius 3 is 2.76 bits per heavy atom. The van der Waals surface area contributed by atoms with Crippen molar-refractivity contribution in [2.45, 2.75) is 12.8 Å². The molecule has 0 fully saturated rings. The standard InChI is InChI=1S/C18H19N5O2/c1-25-17-6-2-4-14(12-17)5-3-11-19-18(24)15-7-9-16(10-8-15)23-13-20-21-22-23/h2,4,6-10,12-13H,3,5,11H2,1H3,(H,19,24). The Balaban J connectivity index is 1.47. The molecule has 7 nitrogen and oxygen atoms in total. The Kier molecular flexibility index (Phi) is 5.36. The molecule has 0 unspecified atom stereocenters. The number of hydrogen-bond donors (Lipinski definition) is 1. The summed E-state index contributed by atoms with van der Waals surface area (Å²) >= 11 is 0. The van der Waals surface area contributed by atoms with Gasteiger partial charge in [-0.05, 0) is 65.2 Å². The van der Waals surface area contributed by atoms with Crippen molar-refractivity contribution in [3.8, 4) is 11.4 Å². The molecule has 0 radical (unpaired) electrons. The number of nitrogens with one attached hydrogen (secondary N) is 1. The van der Waals surface area contributed by atoms with Gasteiger partial charge in [-0.25, -0.2) is 4.68 Å². The fraction of sp³-hybridized carbons (Fsp3) is 0.222. The molecule has 0 aliphatic rings. The minimum Gasteiger partial charge on any atom is -0.497 e. The van der Waals surface area contributed by atoms with Crippen molar-refractivity contribution in [2.75, 3.05) is 13.7 Å². The van der Waals surface area contributed by atoms with Crippen molar-refractivity contribution in [2.24, 2.45) is 0 Å². The van der Waals surface area contributed by atoms with Crippen LogP contribution in [0.25, 0.3) is 5.69 Å². The number of ether oxygens (including phenoxy) is 1. The molecule has 3 aromatic rings. The lowest BCUT2D eigenvalue weighted by Gasteiger charge is -2.07. The van der Waals surface area contributed by atoms with Gasteiger partial charge in [0.2, 0.25) is 0 Å². The monoisotopic (exact) mass is 337 g/mol. The van der Waals surface area contributed by atoms with E-state index in [4.69, 9.17) is 4.74 Å². The molecule has 0 spiro atoms. The molecule has 1 amide bonds. The van der Waals surface area contributed by atoms with Crippen molar-refractivity contribution in [3.63, 3.8) is 0 Å². The van der Waals surface area contributed by atoms with Crippen LogP contribution < -0.4 is 10.1 Å². The average molecular weight is 337 g/mol. The molecule has 128 valence electrons. The quantitative estimate of drug-likeness (QED) is 0.667. The number of benzene rings is 2. The maximum atomic E-state index is 12.2. The molecule has 25 heavy (non-hydrogen) atoms. The number of nitrogens with zero attached hydrogens (tertiary/aromatic N) is 4. The van der Waals surface area contributed by atoms with E-state index in [1.807, 2.05) is 30.3 Å². The zero-order valence-corrected chi connectivity index (χ0v) is 13.9. The lowest BCUT2D eigenvalue weighted by molar-refractivity contribution is 0.0953. The maximum absolute atomic E-state index is 12.2. The number of carbonyl (C=O) groups excluding carboxylic acids is 1. The van der Waals surface area contributed by atoms with Gasteiger partial charge in [-0.1, -0.05) is 12.1 Å². The van der Waals surface area contributed by atoms with Gasteiger partial charge < -0.3 is 10.1 Å². The smallest absolute Gasteiger partial charge is 0.251 e. The molecular formula is C18H19N5O2. The molecule has 0 bridgehead atoms. The van der Waals surface area contributed by atoms with E-state index in [9.17, 15) is 4.79 Å². The third-order valence-electron chi connectivity index (χ3n) is 3.80. The van der Waals surface area contributed by atoms with E-state index in [0.717, 1.165) is 24.3 Å². The molecule has 7 heteroatoms. The van der Waals surface area contributed by atoms with Crippen LogP contribution in [0.2, 0.25) is 0 Å². The van der Waals surface area contributed by atoms with Crippen LogP contribution in [0.3, 0.4) is 0 Å². The van der Waals surface area contributed by atoms with Gasteiger partial charge >= 0.3 is 0 Å². The highest BCUT2D eigenvalue weighted by Crippen LogP contribution is 2.13. The molecule has 0 aliphatic heterocycles. The number of aryl methyl sites for hydroxylation is 1. The Morgan fingerprint density at radius 1 is 1.20 bits per heavy atom. The number of tetrazole rings is 1. The molecular weight excluding hydrogens is 318 g/mol. The van der Waals surface area contributed by atoms with Crippen molar-refractivity contribution in [1.29, 1.82) is 0 Å². The molecule has 0 saturated carbocycles.